The van der Waals surface area contributed by atoms with Gasteiger partial charge in [-0.25, -0.2) is 0 Å². The highest BCUT2D eigenvalue weighted by atomic mass is 16.3. The lowest BCUT2D eigenvalue weighted by Gasteiger charge is -2.27. The Morgan fingerprint density at radius 1 is 1.60 bits per heavy atom. The zero-order valence-corrected chi connectivity index (χ0v) is 10.3. The van der Waals surface area contributed by atoms with Crippen LogP contribution >= 0.6 is 0 Å². The van der Waals surface area contributed by atoms with Gasteiger partial charge in [0.15, 0.2) is 0 Å². The maximum absolute atomic E-state index is 9.09. The van der Waals surface area contributed by atoms with Crippen molar-refractivity contribution in [3.05, 3.63) is 11.6 Å². The summed E-state index contributed by atoms with van der Waals surface area (Å²) in [5.41, 5.74) is 1.53. The van der Waals surface area contributed by atoms with Crippen LogP contribution in [0.2, 0.25) is 0 Å². The van der Waals surface area contributed by atoms with Crippen molar-refractivity contribution in [2.45, 2.75) is 46.1 Å². The molecule has 0 amide bonds. The van der Waals surface area contributed by atoms with E-state index in [0.29, 0.717) is 0 Å². The van der Waals surface area contributed by atoms with Gasteiger partial charge in [-0.15, -0.1) is 0 Å². The van der Waals surface area contributed by atoms with Gasteiger partial charge >= 0.3 is 0 Å². The zero-order valence-electron chi connectivity index (χ0n) is 10.3. The Hall–Kier alpha value is -0.340. The average Bonchev–Trinajstić information content (AvgIpc) is 2.18. The summed E-state index contributed by atoms with van der Waals surface area (Å²) in [5, 5.41) is 12.5. The van der Waals surface area contributed by atoms with E-state index in [-0.39, 0.29) is 12.6 Å². The number of nitrogens with one attached hydrogen (secondary N) is 1. The Morgan fingerprint density at radius 2 is 2.33 bits per heavy atom. The Labute approximate surface area is 93.8 Å². The molecule has 3 unspecified atom stereocenters. The first kappa shape index (κ1) is 12.7. The summed E-state index contributed by atoms with van der Waals surface area (Å²) < 4.78 is 0. The highest BCUT2D eigenvalue weighted by molar-refractivity contribution is 5.06. The minimum Gasteiger partial charge on any atom is -0.395 e. The van der Waals surface area contributed by atoms with Crippen LogP contribution in [0, 0.1) is 11.8 Å². The second-order valence-corrected chi connectivity index (χ2v) is 4.99. The fourth-order valence-electron chi connectivity index (χ4n) is 2.51. The number of aliphatic hydroxyl groups is 1. The lowest BCUT2D eigenvalue weighted by molar-refractivity contribution is 0.229. The standard InChI is InChI=1S/C13H25NO/c1-4-13(9-15)14-8-12-6-10(2)5-11(3)7-12/h5,10,12-15H,4,6-9H2,1-3H3. The van der Waals surface area contributed by atoms with Gasteiger partial charge in [0.05, 0.1) is 6.61 Å². The van der Waals surface area contributed by atoms with Crippen molar-refractivity contribution in [1.82, 2.24) is 5.32 Å². The summed E-state index contributed by atoms with van der Waals surface area (Å²) >= 11 is 0. The van der Waals surface area contributed by atoms with Gasteiger partial charge in [0.2, 0.25) is 0 Å². The van der Waals surface area contributed by atoms with Crippen molar-refractivity contribution in [3.8, 4) is 0 Å². The highest BCUT2D eigenvalue weighted by Crippen LogP contribution is 2.27. The minimum atomic E-state index is 0.258. The fourth-order valence-corrected chi connectivity index (χ4v) is 2.51. The Balaban J connectivity index is 2.31. The molecular formula is C13H25NO. The third kappa shape index (κ3) is 4.35. The van der Waals surface area contributed by atoms with Gasteiger partial charge in [-0.3, -0.25) is 0 Å². The van der Waals surface area contributed by atoms with Gasteiger partial charge < -0.3 is 10.4 Å². The van der Waals surface area contributed by atoms with E-state index in [1.54, 1.807) is 0 Å². The van der Waals surface area contributed by atoms with Crippen LogP contribution in [0.5, 0.6) is 0 Å². The highest BCUT2D eigenvalue weighted by Gasteiger charge is 2.18. The molecular weight excluding hydrogens is 186 g/mol. The average molecular weight is 211 g/mol. The third-order valence-corrected chi connectivity index (χ3v) is 3.29. The molecule has 0 radical (unpaired) electrons. The molecule has 0 fully saturated rings. The van der Waals surface area contributed by atoms with Gasteiger partial charge in [0.25, 0.3) is 0 Å². The molecule has 0 aromatic carbocycles. The molecule has 2 nitrogen and oxygen atoms in total. The van der Waals surface area contributed by atoms with Crippen LogP contribution in [0.25, 0.3) is 0 Å². The first-order chi connectivity index (χ1) is 7.15. The van der Waals surface area contributed by atoms with E-state index in [9.17, 15) is 0 Å². The second kappa shape index (κ2) is 6.29. The Morgan fingerprint density at radius 3 is 2.87 bits per heavy atom. The normalized spacial score (nSPS) is 28.7. The number of allylic oxidation sites excluding steroid dienone is 2. The zero-order chi connectivity index (χ0) is 11.3. The maximum Gasteiger partial charge on any atom is 0.0584 e. The largest absolute Gasteiger partial charge is 0.395 e. The molecule has 0 heterocycles. The molecule has 15 heavy (non-hydrogen) atoms. The lowest BCUT2D eigenvalue weighted by atomic mass is 9.83. The predicted octanol–water partition coefficient (Wildman–Crippen LogP) is 2.34. The van der Waals surface area contributed by atoms with E-state index in [0.717, 1.165) is 24.8 Å². The summed E-state index contributed by atoms with van der Waals surface area (Å²) in [6.07, 6.45) is 5.90. The molecule has 2 heteroatoms. The molecule has 0 saturated carbocycles. The summed E-state index contributed by atoms with van der Waals surface area (Å²) in [6, 6.07) is 0.284. The molecule has 88 valence electrons. The molecule has 3 atom stereocenters. The first-order valence-corrected chi connectivity index (χ1v) is 6.17. The van der Waals surface area contributed by atoms with Gasteiger partial charge in [-0.1, -0.05) is 25.5 Å². The van der Waals surface area contributed by atoms with Crippen molar-refractivity contribution in [1.29, 1.82) is 0 Å². The van der Waals surface area contributed by atoms with E-state index >= 15 is 0 Å². The number of hydrogen-bond donors (Lipinski definition) is 2. The summed E-state index contributed by atoms with van der Waals surface area (Å²) in [5.74, 6) is 1.48. The van der Waals surface area contributed by atoms with Crippen molar-refractivity contribution in [3.63, 3.8) is 0 Å². The van der Waals surface area contributed by atoms with Crippen LogP contribution < -0.4 is 5.32 Å². The minimum absolute atomic E-state index is 0.258. The molecule has 1 aliphatic carbocycles. The van der Waals surface area contributed by atoms with Gasteiger partial charge in [0, 0.05) is 6.04 Å². The van der Waals surface area contributed by atoms with E-state index in [4.69, 9.17) is 5.11 Å². The van der Waals surface area contributed by atoms with E-state index in [1.807, 2.05) is 0 Å². The van der Waals surface area contributed by atoms with E-state index < -0.39 is 0 Å². The summed E-state index contributed by atoms with van der Waals surface area (Å²) in [4.78, 5) is 0. The Bertz CT molecular complexity index is 209. The van der Waals surface area contributed by atoms with Crippen LogP contribution in [-0.4, -0.2) is 24.3 Å². The van der Waals surface area contributed by atoms with Crippen LogP contribution in [0.3, 0.4) is 0 Å². The molecule has 0 aliphatic heterocycles. The molecule has 0 aromatic heterocycles. The number of hydrogen-bond acceptors (Lipinski definition) is 2. The molecule has 1 aliphatic rings. The van der Waals surface area contributed by atoms with Gasteiger partial charge in [-0.05, 0) is 44.6 Å². The van der Waals surface area contributed by atoms with E-state index in [1.165, 1.54) is 18.4 Å². The van der Waals surface area contributed by atoms with Crippen LogP contribution in [0.1, 0.15) is 40.0 Å². The molecule has 0 aromatic rings. The van der Waals surface area contributed by atoms with Crippen LogP contribution in [0.15, 0.2) is 11.6 Å². The molecule has 0 bridgehead atoms. The van der Waals surface area contributed by atoms with Crippen molar-refractivity contribution in [2.24, 2.45) is 11.8 Å². The van der Waals surface area contributed by atoms with Crippen molar-refractivity contribution >= 4 is 0 Å². The fraction of sp³-hybridized carbons (Fsp3) is 0.846. The van der Waals surface area contributed by atoms with Crippen molar-refractivity contribution < 1.29 is 5.11 Å². The lowest BCUT2D eigenvalue weighted by Crippen LogP contribution is -2.36. The smallest absolute Gasteiger partial charge is 0.0584 e. The third-order valence-electron chi connectivity index (χ3n) is 3.29. The Kier molecular flexibility index (Phi) is 5.34. The van der Waals surface area contributed by atoms with Gasteiger partial charge in [-0.2, -0.15) is 0 Å². The molecule has 0 spiro atoms. The van der Waals surface area contributed by atoms with Gasteiger partial charge in [0.1, 0.15) is 0 Å². The maximum atomic E-state index is 9.09. The topological polar surface area (TPSA) is 32.3 Å². The molecule has 0 saturated heterocycles. The second-order valence-electron chi connectivity index (χ2n) is 4.99. The molecule has 2 N–H and O–H groups in total. The van der Waals surface area contributed by atoms with Crippen molar-refractivity contribution in [2.75, 3.05) is 13.2 Å². The monoisotopic (exact) mass is 211 g/mol. The molecule has 1 rings (SSSR count). The summed E-state index contributed by atoms with van der Waals surface area (Å²) in [7, 11) is 0. The number of rotatable bonds is 5. The SMILES string of the molecule is CCC(CO)NCC1CC(C)=CC(C)C1. The predicted molar refractivity (Wildman–Crippen MR) is 64.8 cm³/mol. The quantitative estimate of drug-likeness (QED) is 0.684. The summed E-state index contributed by atoms with van der Waals surface area (Å²) in [6.45, 7) is 7.94. The van der Waals surface area contributed by atoms with Crippen LogP contribution in [0.4, 0.5) is 0 Å². The van der Waals surface area contributed by atoms with E-state index in [2.05, 4.69) is 32.2 Å². The van der Waals surface area contributed by atoms with Crippen LogP contribution in [-0.2, 0) is 0 Å². The first-order valence-electron chi connectivity index (χ1n) is 6.17. The number of aliphatic hydroxyl groups excluding tert-OH is 1.